The molecule has 2 aromatic rings. The summed E-state index contributed by atoms with van der Waals surface area (Å²) in [6, 6.07) is 7.59. The summed E-state index contributed by atoms with van der Waals surface area (Å²) in [6.45, 7) is 1.80. The molecule has 1 amide bonds. The Hall–Kier alpha value is -2.53. The number of anilines is 1. The van der Waals surface area contributed by atoms with Gasteiger partial charge in [0, 0.05) is 6.08 Å². The van der Waals surface area contributed by atoms with Crippen molar-refractivity contribution in [2.24, 2.45) is 0 Å². The van der Waals surface area contributed by atoms with Crippen molar-refractivity contribution in [2.75, 3.05) is 5.32 Å². The monoisotopic (exact) mass is 305 g/mol. The van der Waals surface area contributed by atoms with E-state index in [1.54, 1.807) is 19.1 Å². The first-order valence-corrected chi connectivity index (χ1v) is 6.42. The Kier molecular flexibility index (Phi) is 4.45. The van der Waals surface area contributed by atoms with E-state index in [-0.39, 0.29) is 16.3 Å². The van der Waals surface area contributed by atoms with Crippen molar-refractivity contribution in [3.05, 3.63) is 58.5 Å². The predicted molar refractivity (Wildman–Crippen MR) is 79.5 cm³/mol. The van der Waals surface area contributed by atoms with Crippen molar-refractivity contribution in [3.8, 4) is 0 Å². The van der Waals surface area contributed by atoms with Crippen LogP contribution < -0.4 is 5.32 Å². The molecule has 1 aromatic heterocycles. The third kappa shape index (κ3) is 3.97. The van der Waals surface area contributed by atoms with Crippen molar-refractivity contribution < 1.29 is 19.1 Å². The topological polar surface area (TPSA) is 79.5 Å². The van der Waals surface area contributed by atoms with Crippen LogP contribution in [-0.2, 0) is 4.79 Å². The number of carbonyl (C=O) groups excluding carboxylic acids is 1. The normalized spacial score (nSPS) is 10.8. The van der Waals surface area contributed by atoms with Crippen LogP contribution in [0.2, 0.25) is 5.02 Å². The van der Waals surface area contributed by atoms with E-state index < -0.39 is 11.9 Å². The number of amides is 1. The Labute approximate surface area is 125 Å². The number of rotatable bonds is 4. The summed E-state index contributed by atoms with van der Waals surface area (Å²) in [5, 5.41) is 11.7. The molecule has 1 aromatic carbocycles. The van der Waals surface area contributed by atoms with E-state index in [1.807, 2.05) is 0 Å². The number of halogens is 1. The number of carboxylic acid groups (broad SMARTS) is 1. The van der Waals surface area contributed by atoms with Crippen LogP contribution >= 0.6 is 11.6 Å². The standard InChI is InChI=1S/C15H12ClNO4/c1-9-2-4-11(21-9)5-7-14(18)17-13-8-10(15(19)20)3-6-12(13)16/h2-8H,1H3,(H,17,18)(H,19,20)/b7-5+. The summed E-state index contributed by atoms with van der Waals surface area (Å²) in [6.07, 6.45) is 2.79. The highest BCUT2D eigenvalue weighted by molar-refractivity contribution is 6.34. The second-order valence-corrected chi connectivity index (χ2v) is 4.68. The molecular formula is C15H12ClNO4. The van der Waals surface area contributed by atoms with Crippen LogP contribution in [0.15, 0.2) is 40.8 Å². The molecule has 6 heteroatoms. The number of hydrogen-bond acceptors (Lipinski definition) is 3. The fraction of sp³-hybridized carbons (Fsp3) is 0.0667. The molecule has 0 bridgehead atoms. The molecule has 0 aliphatic rings. The third-order valence-electron chi connectivity index (χ3n) is 2.63. The molecule has 21 heavy (non-hydrogen) atoms. The minimum absolute atomic E-state index is 0.0420. The summed E-state index contributed by atoms with van der Waals surface area (Å²) in [7, 11) is 0. The molecule has 0 unspecified atom stereocenters. The lowest BCUT2D eigenvalue weighted by Gasteiger charge is -2.05. The summed E-state index contributed by atoms with van der Waals surface area (Å²) < 4.78 is 5.29. The lowest BCUT2D eigenvalue weighted by molar-refractivity contribution is -0.111. The van der Waals surface area contributed by atoms with Gasteiger partial charge in [0.05, 0.1) is 16.3 Å². The van der Waals surface area contributed by atoms with Gasteiger partial charge in [0.2, 0.25) is 5.91 Å². The molecule has 0 saturated heterocycles. The number of aryl methyl sites for hydroxylation is 1. The van der Waals surface area contributed by atoms with Gasteiger partial charge in [0.15, 0.2) is 0 Å². The SMILES string of the molecule is Cc1ccc(/C=C/C(=O)Nc2cc(C(=O)O)ccc2Cl)o1. The van der Waals surface area contributed by atoms with E-state index in [2.05, 4.69) is 5.32 Å². The molecule has 5 nitrogen and oxygen atoms in total. The van der Waals surface area contributed by atoms with Crippen molar-refractivity contribution in [3.63, 3.8) is 0 Å². The van der Waals surface area contributed by atoms with Crippen LogP contribution in [0.3, 0.4) is 0 Å². The number of benzene rings is 1. The van der Waals surface area contributed by atoms with Gasteiger partial charge in [0.1, 0.15) is 11.5 Å². The predicted octanol–water partition coefficient (Wildman–Crippen LogP) is 3.59. The first-order chi connectivity index (χ1) is 9.95. The number of hydrogen-bond donors (Lipinski definition) is 2. The fourth-order valence-corrected chi connectivity index (χ4v) is 1.79. The highest BCUT2D eigenvalue weighted by Gasteiger charge is 2.08. The molecular weight excluding hydrogens is 294 g/mol. The minimum atomic E-state index is -1.09. The van der Waals surface area contributed by atoms with Crippen LogP contribution in [0, 0.1) is 6.92 Å². The van der Waals surface area contributed by atoms with E-state index in [0.717, 1.165) is 5.76 Å². The first kappa shape index (κ1) is 14.9. The highest BCUT2D eigenvalue weighted by Crippen LogP contribution is 2.23. The van der Waals surface area contributed by atoms with Gasteiger partial charge >= 0.3 is 5.97 Å². The van der Waals surface area contributed by atoms with Crippen LogP contribution in [0.4, 0.5) is 5.69 Å². The van der Waals surface area contributed by atoms with Crippen molar-refractivity contribution in [1.82, 2.24) is 0 Å². The molecule has 2 N–H and O–H groups in total. The Morgan fingerprint density at radius 1 is 1.29 bits per heavy atom. The Bertz CT molecular complexity index is 718. The van der Waals surface area contributed by atoms with Gasteiger partial charge in [-0.05, 0) is 43.3 Å². The molecule has 0 aliphatic carbocycles. The molecule has 1 heterocycles. The summed E-state index contributed by atoms with van der Waals surface area (Å²) >= 11 is 5.92. The van der Waals surface area contributed by atoms with Gasteiger partial charge < -0.3 is 14.8 Å². The molecule has 0 saturated carbocycles. The van der Waals surface area contributed by atoms with Gasteiger partial charge in [-0.2, -0.15) is 0 Å². The summed E-state index contributed by atoms with van der Waals surface area (Å²) in [5.41, 5.74) is 0.280. The Morgan fingerprint density at radius 2 is 2.05 bits per heavy atom. The number of furan rings is 1. The quantitative estimate of drug-likeness (QED) is 0.846. The lowest BCUT2D eigenvalue weighted by atomic mass is 10.2. The molecule has 0 spiro atoms. The maximum absolute atomic E-state index is 11.8. The first-order valence-electron chi connectivity index (χ1n) is 6.04. The zero-order valence-electron chi connectivity index (χ0n) is 11.1. The van der Waals surface area contributed by atoms with Crippen molar-refractivity contribution in [1.29, 1.82) is 0 Å². The third-order valence-corrected chi connectivity index (χ3v) is 2.96. The maximum Gasteiger partial charge on any atom is 0.335 e. The van der Waals surface area contributed by atoms with Crippen LogP contribution in [-0.4, -0.2) is 17.0 Å². The zero-order chi connectivity index (χ0) is 15.4. The number of nitrogens with one attached hydrogen (secondary N) is 1. The van der Waals surface area contributed by atoms with Gasteiger partial charge in [-0.1, -0.05) is 11.6 Å². The molecule has 2 rings (SSSR count). The zero-order valence-corrected chi connectivity index (χ0v) is 11.8. The van der Waals surface area contributed by atoms with Gasteiger partial charge in [-0.25, -0.2) is 4.79 Å². The largest absolute Gasteiger partial charge is 0.478 e. The Balaban J connectivity index is 2.10. The molecule has 0 atom stereocenters. The number of carbonyl (C=O) groups is 2. The number of carboxylic acids is 1. The number of aromatic carboxylic acids is 1. The molecule has 0 radical (unpaired) electrons. The smallest absolute Gasteiger partial charge is 0.335 e. The summed E-state index contributed by atoms with van der Waals surface area (Å²) in [4.78, 5) is 22.7. The summed E-state index contributed by atoms with van der Waals surface area (Å²) in [5.74, 6) is -0.238. The van der Waals surface area contributed by atoms with Gasteiger partial charge in [-0.15, -0.1) is 0 Å². The van der Waals surface area contributed by atoms with E-state index in [1.165, 1.54) is 30.4 Å². The molecule has 0 aliphatic heterocycles. The van der Waals surface area contributed by atoms with E-state index in [9.17, 15) is 9.59 Å². The van der Waals surface area contributed by atoms with Crippen LogP contribution in [0.5, 0.6) is 0 Å². The maximum atomic E-state index is 11.8. The van der Waals surface area contributed by atoms with E-state index in [4.69, 9.17) is 21.1 Å². The lowest BCUT2D eigenvalue weighted by Crippen LogP contribution is -2.09. The highest BCUT2D eigenvalue weighted by atomic mass is 35.5. The molecule has 108 valence electrons. The van der Waals surface area contributed by atoms with Gasteiger partial charge in [-0.3, -0.25) is 4.79 Å². The van der Waals surface area contributed by atoms with Crippen LogP contribution in [0.1, 0.15) is 21.9 Å². The van der Waals surface area contributed by atoms with Crippen LogP contribution in [0.25, 0.3) is 6.08 Å². The second-order valence-electron chi connectivity index (χ2n) is 4.27. The van der Waals surface area contributed by atoms with Crippen molar-refractivity contribution in [2.45, 2.75) is 6.92 Å². The molecule has 0 fully saturated rings. The average Bonchev–Trinajstić information content (AvgIpc) is 2.84. The fourth-order valence-electron chi connectivity index (χ4n) is 1.63. The van der Waals surface area contributed by atoms with E-state index >= 15 is 0 Å². The average molecular weight is 306 g/mol. The second kappa shape index (κ2) is 6.28. The van der Waals surface area contributed by atoms with E-state index in [0.29, 0.717) is 5.76 Å². The van der Waals surface area contributed by atoms with Crippen molar-refractivity contribution >= 4 is 35.2 Å². The van der Waals surface area contributed by atoms with Gasteiger partial charge in [0.25, 0.3) is 0 Å². The Morgan fingerprint density at radius 3 is 2.67 bits per heavy atom. The minimum Gasteiger partial charge on any atom is -0.478 e.